The summed E-state index contributed by atoms with van der Waals surface area (Å²) in [7, 11) is 0. The molecular formula is C21H35Cl2N5O2. The van der Waals surface area contributed by atoms with Gasteiger partial charge in [-0.15, -0.1) is 24.8 Å². The molecule has 2 amide bonds. The van der Waals surface area contributed by atoms with Crippen molar-refractivity contribution in [2.45, 2.75) is 19.8 Å². The molecule has 170 valence electrons. The first-order valence-corrected chi connectivity index (χ1v) is 10.5. The molecule has 0 spiro atoms. The zero-order chi connectivity index (χ0) is 19.8. The summed E-state index contributed by atoms with van der Waals surface area (Å²) in [5, 5.41) is 6.32. The number of amides is 2. The molecule has 30 heavy (non-hydrogen) atoms. The second-order valence-corrected chi connectivity index (χ2v) is 7.56. The number of piperazine rings is 2. The Morgan fingerprint density at radius 1 is 0.967 bits per heavy atom. The average molecular weight is 460 g/mol. The molecule has 1 aromatic rings. The first kappa shape index (κ1) is 26.7. The summed E-state index contributed by atoms with van der Waals surface area (Å²) in [6, 6.07) is 7.97. The van der Waals surface area contributed by atoms with Crippen LogP contribution in [-0.2, 0) is 16.0 Å². The van der Waals surface area contributed by atoms with Gasteiger partial charge >= 0.3 is 0 Å². The maximum absolute atomic E-state index is 12.4. The van der Waals surface area contributed by atoms with E-state index in [-0.39, 0.29) is 36.6 Å². The number of nitrogens with one attached hydrogen (secondary N) is 2. The van der Waals surface area contributed by atoms with E-state index in [2.05, 4.69) is 33.4 Å². The number of aryl methyl sites for hydroxylation is 1. The number of hydrogen-bond acceptors (Lipinski definition) is 5. The van der Waals surface area contributed by atoms with Gasteiger partial charge in [-0.3, -0.25) is 14.5 Å². The van der Waals surface area contributed by atoms with Crippen molar-refractivity contribution >= 4 is 42.3 Å². The fourth-order valence-corrected chi connectivity index (χ4v) is 3.84. The molecule has 9 heteroatoms. The van der Waals surface area contributed by atoms with Crippen molar-refractivity contribution in [2.24, 2.45) is 0 Å². The molecule has 2 heterocycles. The molecule has 0 bridgehead atoms. The highest BCUT2D eigenvalue weighted by atomic mass is 35.5. The van der Waals surface area contributed by atoms with E-state index in [1.165, 1.54) is 0 Å². The second-order valence-electron chi connectivity index (χ2n) is 7.56. The SMILES string of the molecule is CCc1ccccc1NC(=O)CN1CCN(CCC(=O)N2CCNCC2)CC1.Cl.Cl. The number of rotatable bonds is 7. The molecule has 1 aromatic carbocycles. The van der Waals surface area contributed by atoms with Gasteiger partial charge in [-0.05, 0) is 18.1 Å². The Balaban J connectivity index is 0.00000225. The molecule has 0 radical (unpaired) electrons. The minimum atomic E-state index is 0. The molecule has 0 atom stereocenters. The highest BCUT2D eigenvalue weighted by Crippen LogP contribution is 2.15. The van der Waals surface area contributed by atoms with Crippen LogP contribution in [0.4, 0.5) is 5.69 Å². The smallest absolute Gasteiger partial charge is 0.238 e. The van der Waals surface area contributed by atoms with Gasteiger partial charge in [0.05, 0.1) is 6.54 Å². The Labute approximate surface area is 192 Å². The van der Waals surface area contributed by atoms with Crippen LogP contribution in [-0.4, -0.2) is 92.0 Å². The molecule has 2 saturated heterocycles. The monoisotopic (exact) mass is 459 g/mol. The molecule has 2 aliphatic heterocycles. The number of anilines is 1. The third kappa shape index (κ3) is 8.04. The van der Waals surface area contributed by atoms with Crippen molar-refractivity contribution in [3.05, 3.63) is 29.8 Å². The van der Waals surface area contributed by atoms with Crippen LogP contribution in [0.3, 0.4) is 0 Å². The lowest BCUT2D eigenvalue weighted by Crippen LogP contribution is -2.50. The Bertz CT molecular complexity index is 663. The second kappa shape index (κ2) is 13.8. The van der Waals surface area contributed by atoms with E-state index in [4.69, 9.17) is 0 Å². The maximum Gasteiger partial charge on any atom is 0.238 e. The van der Waals surface area contributed by atoms with Crippen LogP contribution >= 0.6 is 24.8 Å². The van der Waals surface area contributed by atoms with E-state index in [9.17, 15) is 9.59 Å². The summed E-state index contributed by atoms with van der Waals surface area (Å²) in [6.07, 6.45) is 1.50. The molecule has 3 rings (SSSR count). The zero-order valence-corrected chi connectivity index (χ0v) is 19.4. The van der Waals surface area contributed by atoms with E-state index in [1.54, 1.807) is 0 Å². The van der Waals surface area contributed by atoms with Gasteiger partial charge in [-0.2, -0.15) is 0 Å². The van der Waals surface area contributed by atoms with Gasteiger partial charge in [0.2, 0.25) is 11.8 Å². The summed E-state index contributed by atoms with van der Waals surface area (Å²) in [6.45, 7) is 10.3. The zero-order valence-electron chi connectivity index (χ0n) is 17.8. The molecule has 2 fully saturated rings. The molecular weight excluding hydrogens is 425 g/mol. The van der Waals surface area contributed by atoms with Crippen LogP contribution in [0.1, 0.15) is 18.9 Å². The van der Waals surface area contributed by atoms with Crippen molar-refractivity contribution in [3.8, 4) is 0 Å². The van der Waals surface area contributed by atoms with Crippen LogP contribution in [0.5, 0.6) is 0 Å². The van der Waals surface area contributed by atoms with E-state index in [0.29, 0.717) is 13.0 Å². The van der Waals surface area contributed by atoms with Gasteiger partial charge in [0.25, 0.3) is 0 Å². The maximum atomic E-state index is 12.4. The third-order valence-corrected chi connectivity index (χ3v) is 5.62. The number of nitrogens with zero attached hydrogens (tertiary/aromatic N) is 3. The van der Waals surface area contributed by atoms with Crippen LogP contribution in [0.15, 0.2) is 24.3 Å². The molecule has 0 saturated carbocycles. The number of hydrogen-bond donors (Lipinski definition) is 2. The molecule has 2 aliphatic rings. The number of carbonyl (C=O) groups is 2. The molecule has 0 unspecified atom stereocenters. The van der Waals surface area contributed by atoms with Crippen LogP contribution in [0, 0.1) is 0 Å². The Hall–Kier alpha value is -1.38. The van der Waals surface area contributed by atoms with Crippen molar-refractivity contribution < 1.29 is 9.59 Å². The van der Waals surface area contributed by atoms with E-state index in [1.807, 2.05) is 23.1 Å². The van der Waals surface area contributed by atoms with Gasteiger partial charge in [-0.1, -0.05) is 25.1 Å². The van der Waals surface area contributed by atoms with Gasteiger partial charge < -0.3 is 20.4 Å². The summed E-state index contributed by atoms with van der Waals surface area (Å²) in [5.41, 5.74) is 2.08. The van der Waals surface area contributed by atoms with Crippen molar-refractivity contribution in [2.75, 3.05) is 70.8 Å². The van der Waals surface area contributed by atoms with Crippen LogP contribution in [0.2, 0.25) is 0 Å². The quantitative estimate of drug-likeness (QED) is 0.645. The molecule has 7 nitrogen and oxygen atoms in total. The predicted molar refractivity (Wildman–Crippen MR) is 126 cm³/mol. The van der Waals surface area contributed by atoms with Crippen molar-refractivity contribution in [3.63, 3.8) is 0 Å². The first-order chi connectivity index (χ1) is 13.7. The third-order valence-electron chi connectivity index (χ3n) is 5.62. The number of benzene rings is 1. The Morgan fingerprint density at radius 3 is 2.27 bits per heavy atom. The van der Waals surface area contributed by atoms with Crippen molar-refractivity contribution in [1.29, 1.82) is 0 Å². The summed E-state index contributed by atoms with van der Waals surface area (Å²) < 4.78 is 0. The van der Waals surface area contributed by atoms with Gasteiger partial charge in [0.15, 0.2) is 0 Å². The fourth-order valence-electron chi connectivity index (χ4n) is 3.84. The van der Waals surface area contributed by atoms with Gasteiger partial charge in [0, 0.05) is 71.0 Å². The highest BCUT2D eigenvalue weighted by Gasteiger charge is 2.21. The summed E-state index contributed by atoms with van der Waals surface area (Å²) in [5.74, 6) is 0.307. The fraction of sp³-hybridized carbons (Fsp3) is 0.619. The topological polar surface area (TPSA) is 67.9 Å². The van der Waals surface area contributed by atoms with E-state index in [0.717, 1.165) is 76.6 Å². The molecule has 0 aliphatic carbocycles. The molecule has 2 N–H and O–H groups in total. The largest absolute Gasteiger partial charge is 0.340 e. The highest BCUT2D eigenvalue weighted by molar-refractivity contribution is 5.93. The Kier molecular flexibility index (Phi) is 12.3. The predicted octanol–water partition coefficient (Wildman–Crippen LogP) is 1.47. The lowest BCUT2D eigenvalue weighted by molar-refractivity contribution is -0.132. The molecule has 0 aromatic heterocycles. The standard InChI is InChI=1S/C21H33N5O2.2ClH/c1-2-18-5-3-4-6-19(18)23-20(27)17-25-15-13-24(14-16-25)10-7-21(28)26-11-8-22-9-12-26;;/h3-6,22H,2,7-17H2,1H3,(H,23,27);2*1H. The first-order valence-electron chi connectivity index (χ1n) is 10.5. The van der Waals surface area contributed by atoms with E-state index >= 15 is 0 Å². The minimum absolute atomic E-state index is 0. The number of carbonyl (C=O) groups excluding carboxylic acids is 2. The number of para-hydroxylation sites is 1. The van der Waals surface area contributed by atoms with Crippen LogP contribution < -0.4 is 10.6 Å². The van der Waals surface area contributed by atoms with Gasteiger partial charge in [-0.25, -0.2) is 0 Å². The van der Waals surface area contributed by atoms with Crippen LogP contribution in [0.25, 0.3) is 0 Å². The summed E-state index contributed by atoms with van der Waals surface area (Å²) in [4.78, 5) is 31.2. The van der Waals surface area contributed by atoms with Gasteiger partial charge in [0.1, 0.15) is 0 Å². The summed E-state index contributed by atoms with van der Waals surface area (Å²) >= 11 is 0. The minimum Gasteiger partial charge on any atom is -0.340 e. The average Bonchev–Trinajstić information content (AvgIpc) is 2.74. The lowest BCUT2D eigenvalue weighted by atomic mass is 10.1. The van der Waals surface area contributed by atoms with E-state index < -0.39 is 0 Å². The lowest BCUT2D eigenvalue weighted by Gasteiger charge is -2.35. The Morgan fingerprint density at radius 2 is 1.60 bits per heavy atom. The van der Waals surface area contributed by atoms with Crippen molar-refractivity contribution in [1.82, 2.24) is 20.0 Å². The normalized spacial score (nSPS) is 17.6. The number of halogens is 2.